The lowest BCUT2D eigenvalue weighted by Crippen LogP contribution is -2.46. The molecule has 0 aromatic heterocycles. The Labute approximate surface area is 107 Å². The van der Waals surface area contributed by atoms with Crippen molar-refractivity contribution in [3.05, 3.63) is 0 Å². The molecule has 2 nitrogen and oxygen atoms in total. The highest BCUT2D eigenvalue weighted by molar-refractivity contribution is 6.74. The van der Waals surface area contributed by atoms with E-state index in [0.29, 0.717) is 12.8 Å². The molecule has 1 rings (SSSR count). The fourth-order valence-electron chi connectivity index (χ4n) is 1.92. The maximum Gasteiger partial charge on any atom is 0.192 e. The summed E-state index contributed by atoms with van der Waals surface area (Å²) in [5.74, 6) is 2.51. The molecule has 1 fully saturated rings. The van der Waals surface area contributed by atoms with Gasteiger partial charge in [0.15, 0.2) is 8.32 Å². The Bertz CT molecular complexity index is 301. The lowest BCUT2D eigenvalue weighted by molar-refractivity contribution is 0.0147. The summed E-state index contributed by atoms with van der Waals surface area (Å²) in [5.41, 5.74) is -0.882. The van der Waals surface area contributed by atoms with Crippen LogP contribution in [-0.2, 0) is 4.43 Å². The van der Waals surface area contributed by atoms with Crippen LogP contribution in [0.15, 0.2) is 0 Å². The largest absolute Gasteiger partial charge is 0.414 e. The van der Waals surface area contributed by atoms with Crippen molar-refractivity contribution >= 4 is 8.32 Å². The first-order chi connectivity index (χ1) is 7.60. The second kappa shape index (κ2) is 4.76. The highest BCUT2D eigenvalue weighted by Crippen LogP contribution is 2.40. The molecule has 0 heterocycles. The molecule has 1 aliphatic carbocycles. The zero-order valence-electron chi connectivity index (χ0n) is 11.8. The molecule has 0 amide bonds. The van der Waals surface area contributed by atoms with Gasteiger partial charge >= 0.3 is 0 Å². The maximum atomic E-state index is 9.98. The van der Waals surface area contributed by atoms with E-state index in [9.17, 15) is 5.11 Å². The first kappa shape index (κ1) is 14.8. The van der Waals surface area contributed by atoms with E-state index in [1.165, 1.54) is 0 Å². The highest BCUT2D eigenvalue weighted by atomic mass is 28.4. The third-order valence-corrected chi connectivity index (χ3v) is 8.83. The van der Waals surface area contributed by atoms with E-state index in [1.54, 1.807) is 0 Å². The summed E-state index contributed by atoms with van der Waals surface area (Å²) in [5, 5.41) is 10.2. The summed E-state index contributed by atoms with van der Waals surface area (Å²) in [4.78, 5) is 0. The molecule has 0 unspecified atom stereocenters. The molecule has 3 heteroatoms. The Morgan fingerprint density at radius 3 is 2.12 bits per heavy atom. The Morgan fingerprint density at radius 2 is 1.76 bits per heavy atom. The standard InChI is InChI=1S/C14H26O2Si/c1-7-14(15)10-8-12(9-11-14)16-17(5,6)13(2,3)4/h1,12,15H,8-11H2,2-6H3/t12-,14-. The topological polar surface area (TPSA) is 29.5 Å². The summed E-state index contributed by atoms with van der Waals surface area (Å²) in [6, 6.07) is 0. The number of rotatable bonds is 2. The second-order valence-electron chi connectivity index (χ2n) is 6.75. The van der Waals surface area contributed by atoms with E-state index in [1.807, 2.05) is 0 Å². The van der Waals surface area contributed by atoms with Gasteiger partial charge in [-0.3, -0.25) is 0 Å². The summed E-state index contributed by atoms with van der Waals surface area (Å²) in [6.07, 6.45) is 8.73. The van der Waals surface area contributed by atoms with Crippen LogP contribution in [0.25, 0.3) is 0 Å². The molecule has 17 heavy (non-hydrogen) atoms. The summed E-state index contributed by atoms with van der Waals surface area (Å²) in [7, 11) is -1.68. The van der Waals surface area contributed by atoms with Crippen molar-refractivity contribution in [2.45, 2.75) is 76.3 Å². The number of aliphatic hydroxyl groups is 1. The molecule has 0 bridgehead atoms. The van der Waals surface area contributed by atoms with Gasteiger partial charge in [-0.2, -0.15) is 0 Å². The summed E-state index contributed by atoms with van der Waals surface area (Å²) >= 11 is 0. The number of hydrogen-bond donors (Lipinski definition) is 1. The van der Waals surface area contributed by atoms with Crippen LogP contribution in [0.3, 0.4) is 0 Å². The second-order valence-corrected chi connectivity index (χ2v) is 11.5. The molecule has 1 aliphatic rings. The van der Waals surface area contributed by atoms with Crippen molar-refractivity contribution in [3.8, 4) is 12.3 Å². The smallest absolute Gasteiger partial charge is 0.192 e. The van der Waals surface area contributed by atoms with Gasteiger partial charge in [-0.15, -0.1) is 6.42 Å². The molecule has 0 spiro atoms. The van der Waals surface area contributed by atoms with Crippen LogP contribution >= 0.6 is 0 Å². The molecule has 1 N–H and O–H groups in total. The van der Waals surface area contributed by atoms with E-state index in [4.69, 9.17) is 10.8 Å². The van der Waals surface area contributed by atoms with E-state index in [0.717, 1.165) is 12.8 Å². The van der Waals surface area contributed by atoms with Crippen LogP contribution in [0, 0.1) is 12.3 Å². The minimum absolute atomic E-state index is 0.243. The number of terminal acetylenes is 1. The lowest BCUT2D eigenvalue weighted by atomic mass is 9.84. The van der Waals surface area contributed by atoms with Crippen LogP contribution in [0.2, 0.25) is 18.1 Å². The molecule has 1 saturated carbocycles. The molecule has 0 radical (unpaired) electrons. The molecule has 0 aromatic carbocycles. The van der Waals surface area contributed by atoms with E-state index >= 15 is 0 Å². The van der Waals surface area contributed by atoms with Crippen LogP contribution in [0.1, 0.15) is 46.5 Å². The normalized spacial score (nSPS) is 31.0. The SMILES string of the molecule is C#C[C@]1(O)CC[C@H](O[Si](C)(C)C(C)(C)C)CC1. The van der Waals surface area contributed by atoms with E-state index < -0.39 is 13.9 Å². The Kier molecular flexibility index (Phi) is 4.13. The summed E-state index contributed by atoms with van der Waals surface area (Å²) in [6.45, 7) is 11.3. The van der Waals surface area contributed by atoms with Crippen molar-refractivity contribution in [1.29, 1.82) is 0 Å². The van der Waals surface area contributed by atoms with Crippen LogP contribution in [0.4, 0.5) is 0 Å². The molecular formula is C14H26O2Si. The van der Waals surface area contributed by atoms with Crippen molar-refractivity contribution < 1.29 is 9.53 Å². The minimum atomic E-state index is -1.68. The van der Waals surface area contributed by atoms with Gasteiger partial charge in [0.1, 0.15) is 5.60 Å². The number of hydrogen-bond acceptors (Lipinski definition) is 2. The van der Waals surface area contributed by atoms with Crippen LogP contribution < -0.4 is 0 Å². The van der Waals surface area contributed by atoms with Gasteiger partial charge in [-0.05, 0) is 43.8 Å². The monoisotopic (exact) mass is 254 g/mol. The lowest BCUT2D eigenvalue weighted by Gasteiger charge is -2.42. The maximum absolute atomic E-state index is 9.98. The molecule has 0 saturated heterocycles. The van der Waals surface area contributed by atoms with Crippen molar-refractivity contribution in [1.82, 2.24) is 0 Å². The minimum Gasteiger partial charge on any atom is -0.414 e. The predicted molar refractivity (Wildman–Crippen MR) is 74.3 cm³/mol. The highest BCUT2D eigenvalue weighted by Gasteiger charge is 2.41. The van der Waals surface area contributed by atoms with E-state index in [-0.39, 0.29) is 11.1 Å². The quantitative estimate of drug-likeness (QED) is 0.605. The first-order valence-corrected chi connectivity index (χ1v) is 9.38. The van der Waals surface area contributed by atoms with Crippen LogP contribution in [0.5, 0.6) is 0 Å². The summed E-state index contributed by atoms with van der Waals surface area (Å²) < 4.78 is 6.34. The molecule has 98 valence electrons. The average molecular weight is 254 g/mol. The van der Waals surface area contributed by atoms with Gasteiger partial charge in [0.05, 0.1) is 0 Å². The molecule has 0 aromatic rings. The van der Waals surface area contributed by atoms with Crippen LogP contribution in [-0.4, -0.2) is 25.1 Å². The van der Waals surface area contributed by atoms with Gasteiger partial charge in [0.25, 0.3) is 0 Å². The molecule has 0 aliphatic heterocycles. The predicted octanol–water partition coefficient (Wildman–Crippen LogP) is 3.32. The molecular weight excluding hydrogens is 228 g/mol. The Balaban J connectivity index is 2.55. The fourth-order valence-corrected chi connectivity index (χ4v) is 3.35. The fraction of sp³-hybridized carbons (Fsp3) is 0.857. The average Bonchev–Trinajstić information content (AvgIpc) is 2.20. The third-order valence-electron chi connectivity index (χ3n) is 4.30. The third kappa shape index (κ3) is 3.58. The Hall–Kier alpha value is -0.303. The van der Waals surface area contributed by atoms with Gasteiger partial charge in [-0.25, -0.2) is 0 Å². The van der Waals surface area contributed by atoms with Gasteiger partial charge < -0.3 is 9.53 Å². The molecule has 0 atom stereocenters. The van der Waals surface area contributed by atoms with Gasteiger partial charge in [0.2, 0.25) is 0 Å². The van der Waals surface area contributed by atoms with Gasteiger partial charge in [-0.1, -0.05) is 26.7 Å². The Morgan fingerprint density at radius 1 is 1.29 bits per heavy atom. The van der Waals surface area contributed by atoms with Crippen molar-refractivity contribution in [3.63, 3.8) is 0 Å². The van der Waals surface area contributed by atoms with Crippen molar-refractivity contribution in [2.75, 3.05) is 0 Å². The zero-order chi connectivity index (χ0) is 13.3. The van der Waals surface area contributed by atoms with Crippen molar-refractivity contribution in [2.24, 2.45) is 0 Å². The van der Waals surface area contributed by atoms with Gasteiger partial charge in [0, 0.05) is 6.10 Å². The zero-order valence-corrected chi connectivity index (χ0v) is 12.8. The first-order valence-electron chi connectivity index (χ1n) is 6.48. The van der Waals surface area contributed by atoms with E-state index in [2.05, 4.69) is 39.8 Å².